The van der Waals surface area contributed by atoms with Crippen molar-refractivity contribution in [2.45, 2.75) is 32.8 Å². The first-order valence-corrected chi connectivity index (χ1v) is 5.66. The van der Waals surface area contributed by atoms with E-state index in [0.717, 1.165) is 12.1 Å². The van der Waals surface area contributed by atoms with E-state index in [2.05, 4.69) is 29.0 Å². The molecule has 0 amide bonds. The first kappa shape index (κ1) is 11.8. The van der Waals surface area contributed by atoms with Gasteiger partial charge in [0.25, 0.3) is 0 Å². The first-order chi connectivity index (χ1) is 8.06. The Balaban J connectivity index is 2.16. The molecule has 6 nitrogen and oxygen atoms in total. The Labute approximate surface area is 98.3 Å². The summed E-state index contributed by atoms with van der Waals surface area (Å²) in [7, 11) is 0. The van der Waals surface area contributed by atoms with E-state index in [-0.39, 0.29) is 5.69 Å². The highest BCUT2D eigenvalue weighted by Crippen LogP contribution is 2.09. The largest absolute Gasteiger partial charge is 0.393 e. The molecule has 0 saturated heterocycles. The standard InChI is InChI=1S/C11H16N4O2/c1-7(2)3-9(16)4-8-5-10-13-14-11(17)15(10)6-12-8/h5-7,9,16H,3-4H2,1-2H3,(H,14,17). The third-order valence-electron chi connectivity index (χ3n) is 2.55. The molecule has 0 fully saturated rings. The normalized spacial score (nSPS) is 13.4. The van der Waals surface area contributed by atoms with Crippen LogP contribution in [-0.2, 0) is 6.42 Å². The fourth-order valence-electron chi connectivity index (χ4n) is 1.83. The zero-order valence-electron chi connectivity index (χ0n) is 9.92. The topological polar surface area (TPSA) is 83.3 Å². The second kappa shape index (κ2) is 4.67. The lowest BCUT2D eigenvalue weighted by molar-refractivity contribution is 0.148. The molecular weight excluding hydrogens is 220 g/mol. The van der Waals surface area contributed by atoms with E-state index < -0.39 is 6.10 Å². The average molecular weight is 236 g/mol. The summed E-state index contributed by atoms with van der Waals surface area (Å²) in [5, 5.41) is 16.0. The van der Waals surface area contributed by atoms with Gasteiger partial charge in [0.2, 0.25) is 0 Å². The smallest absolute Gasteiger partial charge is 0.348 e. The van der Waals surface area contributed by atoms with E-state index in [4.69, 9.17) is 0 Å². The summed E-state index contributed by atoms with van der Waals surface area (Å²) < 4.78 is 1.33. The van der Waals surface area contributed by atoms with E-state index in [1.165, 1.54) is 10.7 Å². The molecule has 0 spiro atoms. The van der Waals surface area contributed by atoms with Gasteiger partial charge in [0.05, 0.1) is 6.10 Å². The number of rotatable bonds is 4. The summed E-state index contributed by atoms with van der Waals surface area (Å²) in [5.74, 6) is 0.446. The molecule has 2 N–H and O–H groups in total. The maximum Gasteiger partial charge on any atom is 0.348 e. The molecule has 0 radical (unpaired) electrons. The molecule has 0 bridgehead atoms. The second-order valence-corrected chi connectivity index (χ2v) is 4.62. The Morgan fingerprint density at radius 2 is 2.29 bits per heavy atom. The lowest BCUT2D eigenvalue weighted by atomic mass is 10.0. The van der Waals surface area contributed by atoms with Crippen molar-refractivity contribution in [2.24, 2.45) is 5.92 Å². The van der Waals surface area contributed by atoms with Gasteiger partial charge in [-0.25, -0.2) is 19.3 Å². The van der Waals surface area contributed by atoms with E-state index in [1.807, 2.05) is 0 Å². The van der Waals surface area contributed by atoms with Crippen molar-refractivity contribution in [3.05, 3.63) is 28.6 Å². The van der Waals surface area contributed by atoms with Crippen LogP contribution in [0.2, 0.25) is 0 Å². The zero-order valence-corrected chi connectivity index (χ0v) is 9.92. The predicted molar refractivity (Wildman–Crippen MR) is 62.8 cm³/mol. The zero-order chi connectivity index (χ0) is 12.4. The Kier molecular flexibility index (Phi) is 3.23. The van der Waals surface area contributed by atoms with Gasteiger partial charge in [-0.2, -0.15) is 5.10 Å². The van der Waals surface area contributed by atoms with Crippen molar-refractivity contribution in [1.82, 2.24) is 19.6 Å². The van der Waals surface area contributed by atoms with Crippen molar-refractivity contribution in [2.75, 3.05) is 0 Å². The Morgan fingerprint density at radius 1 is 1.53 bits per heavy atom. The fourth-order valence-corrected chi connectivity index (χ4v) is 1.83. The first-order valence-electron chi connectivity index (χ1n) is 5.66. The van der Waals surface area contributed by atoms with Gasteiger partial charge in [0, 0.05) is 18.2 Å². The molecule has 2 heterocycles. The van der Waals surface area contributed by atoms with E-state index in [0.29, 0.717) is 18.0 Å². The monoisotopic (exact) mass is 236 g/mol. The van der Waals surface area contributed by atoms with Gasteiger partial charge in [-0.1, -0.05) is 13.8 Å². The maximum atomic E-state index is 11.2. The number of aromatic nitrogens is 4. The van der Waals surface area contributed by atoms with Crippen molar-refractivity contribution in [3.63, 3.8) is 0 Å². The Morgan fingerprint density at radius 3 is 3.00 bits per heavy atom. The number of aliphatic hydroxyl groups is 1. The lowest BCUT2D eigenvalue weighted by Gasteiger charge is -2.12. The number of nitrogens with zero attached hydrogens (tertiary/aromatic N) is 3. The maximum absolute atomic E-state index is 11.2. The van der Waals surface area contributed by atoms with Crippen LogP contribution in [0.15, 0.2) is 17.2 Å². The van der Waals surface area contributed by atoms with E-state index in [9.17, 15) is 9.90 Å². The summed E-state index contributed by atoms with van der Waals surface area (Å²) in [6, 6.07) is 1.71. The minimum absolute atomic E-state index is 0.304. The van der Waals surface area contributed by atoms with Crippen LogP contribution in [-0.4, -0.2) is 30.8 Å². The van der Waals surface area contributed by atoms with Crippen LogP contribution in [0.5, 0.6) is 0 Å². The lowest BCUT2D eigenvalue weighted by Crippen LogP contribution is -2.15. The molecule has 0 aliphatic heterocycles. The van der Waals surface area contributed by atoms with Crippen LogP contribution < -0.4 is 5.69 Å². The minimum atomic E-state index is -0.407. The molecule has 0 aromatic carbocycles. The number of hydrogen-bond donors (Lipinski definition) is 2. The number of fused-ring (bicyclic) bond motifs is 1. The van der Waals surface area contributed by atoms with Crippen LogP contribution in [0.3, 0.4) is 0 Å². The van der Waals surface area contributed by atoms with Crippen molar-refractivity contribution in [1.29, 1.82) is 0 Å². The van der Waals surface area contributed by atoms with Crippen molar-refractivity contribution >= 4 is 5.65 Å². The quantitative estimate of drug-likeness (QED) is 0.803. The summed E-state index contributed by atoms with van der Waals surface area (Å²) in [4.78, 5) is 15.3. The molecule has 6 heteroatoms. The third kappa shape index (κ3) is 2.71. The molecule has 0 saturated carbocycles. The van der Waals surface area contributed by atoms with Crippen LogP contribution in [0.1, 0.15) is 26.0 Å². The molecule has 2 aromatic heterocycles. The molecule has 1 unspecified atom stereocenters. The van der Waals surface area contributed by atoms with Gasteiger partial charge in [0.1, 0.15) is 6.33 Å². The Hall–Kier alpha value is -1.69. The summed E-state index contributed by atoms with van der Waals surface area (Å²) in [5.41, 5.74) is 0.961. The number of aromatic amines is 1. The summed E-state index contributed by atoms with van der Waals surface area (Å²) in [6.07, 6.45) is 2.24. The molecule has 1 atom stereocenters. The molecular formula is C11H16N4O2. The van der Waals surface area contributed by atoms with E-state index >= 15 is 0 Å². The molecule has 92 valence electrons. The van der Waals surface area contributed by atoms with E-state index in [1.54, 1.807) is 6.07 Å². The minimum Gasteiger partial charge on any atom is -0.393 e. The van der Waals surface area contributed by atoms with Gasteiger partial charge >= 0.3 is 5.69 Å². The molecule has 2 rings (SSSR count). The second-order valence-electron chi connectivity index (χ2n) is 4.62. The van der Waals surface area contributed by atoms with Gasteiger partial charge in [-0.05, 0) is 12.3 Å². The number of nitrogens with one attached hydrogen (secondary N) is 1. The molecule has 17 heavy (non-hydrogen) atoms. The fraction of sp³-hybridized carbons (Fsp3) is 0.545. The highest BCUT2D eigenvalue weighted by atomic mass is 16.3. The highest BCUT2D eigenvalue weighted by molar-refractivity contribution is 5.36. The van der Waals surface area contributed by atoms with Crippen LogP contribution in [0.25, 0.3) is 5.65 Å². The van der Waals surface area contributed by atoms with Gasteiger partial charge in [-0.3, -0.25) is 0 Å². The molecule has 0 aliphatic rings. The van der Waals surface area contributed by atoms with Gasteiger partial charge in [0.15, 0.2) is 5.65 Å². The van der Waals surface area contributed by atoms with Crippen molar-refractivity contribution < 1.29 is 5.11 Å². The molecule has 0 aliphatic carbocycles. The number of aliphatic hydroxyl groups excluding tert-OH is 1. The summed E-state index contributed by atoms with van der Waals surface area (Å²) >= 11 is 0. The number of hydrogen-bond acceptors (Lipinski definition) is 4. The van der Waals surface area contributed by atoms with Crippen molar-refractivity contribution in [3.8, 4) is 0 Å². The SMILES string of the molecule is CC(C)CC(O)Cc1cc2n[nH]c(=O)n2cn1. The van der Waals surface area contributed by atoms with Gasteiger partial charge < -0.3 is 5.11 Å². The van der Waals surface area contributed by atoms with Crippen LogP contribution in [0, 0.1) is 5.92 Å². The van der Waals surface area contributed by atoms with Crippen LogP contribution in [0.4, 0.5) is 0 Å². The number of H-pyrrole nitrogens is 1. The average Bonchev–Trinajstić information content (AvgIpc) is 2.58. The summed E-state index contributed by atoms with van der Waals surface area (Å²) in [6.45, 7) is 4.13. The predicted octanol–water partition coefficient (Wildman–Crippen LogP) is 0.367. The van der Waals surface area contributed by atoms with Gasteiger partial charge in [-0.15, -0.1) is 0 Å². The molecule has 2 aromatic rings. The highest BCUT2D eigenvalue weighted by Gasteiger charge is 2.10. The Bertz CT molecular complexity index is 558. The third-order valence-corrected chi connectivity index (χ3v) is 2.55. The van der Waals surface area contributed by atoms with Crippen LogP contribution >= 0.6 is 0 Å².